The predicted octanol–water partition coefficient (Wildman–Crippen LogP) is 1.36. The third-order valence-corrected chi connectivity index (χ3v) is 5.38. The third kappa shape index (κ3) is 3.16. The van der Waals surface area contributed by atoms with Crippen molar-refractivity contribution in [2.75, 3.05) is 13.6 Å². The number of nitrogens with one attached hydrogen (secondary N) is 1. The molecule has 1 aromatic carbocycles. The summed E-state index contributed by atoms with van der Waals surface area (Å²) in [5.74, 6) is -0.156. The number of hydrogen-bond donors (Lipinski definition) is 1. The van der Waals surface area contributed by atoms with Crippen molar-refractivity contribution >= 4 is 15.9 Å². The largest absolute Gasteiger partial charge is 0.340 e. The Balaban J connectivity index is 1.79. The standard InChI is InChI=1S/C16H19N3O3S/c1-12-3-5-13(6-4-12)10-17-23(21,22)14-9-15-16(20)18(2)7-8-19(15)11-14/h3-6,9,11,17H,7-8,10H2,1-2H3. The summed E-state index contributed by atoms with van der Waals surface area (Å²) >= 11 is 0. The highest BCUT2D eigenvalue weighted by molar-refractivity contribution is 7.89. The van der Waals surface area contributed by atoms with Gasteiger partial charge in [-0.1, -0.05) is 29.8 Å². The molecule has 0 saturated heterocycles. The fourth-order valence-corrected chi connectivity index (χ4v) is 3.57. The highest BCUT2D eigenvalue weighted by Gasteiger charge is 2.26. The number of likely N-dealkylation sites (N-methyl/N-ethyl adjacent to an activating group) is 1. The van der Waals surface area contributed by atoms with Gasteiger partial charge in [0, 0.05) is 32.9 Å². The predicted molar refractivity (Wildman–Crippen MR) is 86.6 cm³/mol. The maximum absolute atomic E-state index is 12.4. The molecule has 0 atom stereocenters. The summed E-state index contributed by atoms with van der Waals surface area (Å²) in [6.07, 6.45) is 1.53. The molecule has 6 nitrogen and oxygen atoms in total. The van der Waals surface area contributed by atoms with Crippen molar-refractivity contribution < 1.29 is 13.2 Å². The topological polar surface area (TPSA) is 71.4 Å². The van der Waals surface area contributed by atoms with Gasteiger partial charge in [-0.05, 0) is 18.6 Å². The molecule has 2 aromatic rings. The van der Waals surface area contributed by atoms with E-state index in [9.17, 15) is 13.2 Å². The number of hydrogen-bond acceptors (Lipinski definition) is 3. The van der Waals surface area contributed by atoms with Crippen molar-refractivity contribution in [3.63, 3.8) is 0 Å². The monoisotopic (exact) mass is 333 g/mol. The van der Waals surface area contributed by atoms with E-state index in [2.05, 4.69) is 4.72 Å². The number of aromatic nitrogens is 1. The lowest BCUT2D eigenvalue weighted by atomic mass is 10.2. The first-order valence-corrected chi connectivity index (χ1v) is 8.86. The van der Waals surface area contributed by atoms with Crippen LogP contribution in [-0.4, -0.2) is 37.4 Å². The van der Waals surface area contributed by atoms with Crippen molar-refractivity contribution in [3.8, 4) is 0 Å². The van der Waals surface area contributed by atoms with Crippen molar-refractivity contribution in [2.45, 2.75) is 24.9 Å². The van der Waals surface area contributed by atoms with E-state index in [0.717, 1.165) is 11.1 Å². The second-order valence-electron chi connectivity index (χ2n) is 5.79. The van der Waals surface area contributed by atoms with Crippen LogP contribution in [0.5, 0.6) is 0 Å². The van der Waals surface area contributed by atoms with Gasteiger partial charge in [0.15, 0.2) is 0 Å². The van der Waals surface area contributed by atoms with E-state index in [1.54, 1.807) is 16.5 Å². The zero-order valence-electron chi connectivity index (χ0n) is 13.1. The quantitative estimate of drug-likeness (QED) is 0.918. The first kappa shape index (κ1) is 15.8. The molecule has 3 rings (SSSR count). The number of fused-ring (bicyclic) bond motifs is 1. The van der Waals surface area contributed by atoms with E-state index in [4.69, 9.17) is 0 Å². The summed E-state index contributed by atoms with van der Waals surface area (Å²) in [5, 5.41) is 0. The van der Waals surface area contributed by atoms with E-state index in [1.807, 2.05) is 31.2 Å². The van der Waals surface area contributed by atoms with Gasteiger partial charge in [0.05, 0.1) is 0 Å². The molecule has 23 heavy (non-hydrogen) atoms. The highest BCUT2D eigenvalue weighted by atomic mass is 32.2. The minimum atomic E-state index is -3.65. The van der Waals surface area contributed by atoms with Crippen molar-refractivity contribution in [1.29, 1.82) is 0 Å². The molecule has 0 radical (unpaired) electrons. The average Bonchev–Trinajstić information content (AvgIpc) is 2.96. The van der Waals surface area contributed by atoms with Crippen LogP contribution in [0.25, 0.3) is 0 Å². The Morgan fingerprint density at radius 2 is 1.87 bits per heavy atom. The summed E-state index contributed by atoms with van der Waals surface area (Å²) in [5.41, 5.74) is 2.42. The van der Waals surface area contributed by atoms with Crippen LogP contribution in [0.15, 0.2) is 41.4 Å². The van der Waals surface area contributed by atoms with Crippen molar-refractivity contribution in [3.05, 3.63) is 53.3 Å². The van der Waals surface area contributed by atoms with E-state index >= 15 is 0 Å². The Bertz CT molecular complexity index is 838. The summed E-state index contributed by atoms with van der Waals surface area (Å²) < 4.78 is 29.1. The Morgan fingerprint density at radius 1 is 1.17 bits per heavy atom. The number of benzene rings is 1. The smallest absolute Gasteiger partial charge is 0.270 e. The van der Waals surface area contributed by atoms with Crippen LogP contribution in [0.2, 0.25) is 0 Å². The lowest BCUT2D eigenvalue weighted by Gasteiger charge is -2.23. The molecule has 0 fully saturated rings. The number of sulfonamides is 1. The van der Waals surface area contributed by atoms with E-state index in [1.165, 1.54) is 12.3 Å². The summed E-state index contributed by atoms with van der Waals surface area (Å²) in [6, 6.07) is 9.10. The van der Waals surface area contributed by atoms with E-state index < -0.39 is 10.0 Å². The van der Waals surface area contributed by atoms with Crippen LogP contribution in [0.1, 0.15) is 21.6 Å². The first-order chi connectivity index (χ1) is 10.9. The lowest BCUT2D eigenvalue weighted by molar-refractivity contribution is 0.0749. The van der Waals surface area contributed by atoms with Crippen LogP contribution in [0.4, 0.5) is 0 Å². The van der Waals surface area contributed by atoms with Gasteiger partial charge in [-0.3, -0.25) is 4.79 Å². The van der Waals surface area contributed by atoms with Crippen LogP contribution in [0.3, 0.4) is 0 Å². The van der Waals surface area contributed by atoms with Gasteiger partial charge in [-0.25, -0.2) is 13.1 Å². The van der Waals surface area contributed by atoms with E-state index in [0.29, 0.717) is 18.8 Å². The molecule has 1 aliphatic rings. The average molecular weight is 333 g/mol. The Kier molecular flexibility index (Phi) is 3.99. The number of amides is 1. The number of aryl methyl sites for hydroxylation is 1. The second kappa shape index (κ2) is 5.82. The fourth-order valence-electron chi connectivity index (χ4n) is 2.52. The summed E-state index contributed by atoms with van der Waals surface area (Å²) in [7, 11) is -1.93. The summed E-state index contributed by atoms with van der Waals surface area (Å²) in [6.45, 7) is 3.38. The maximum Gasteiger partial charge on any atom is 0.270 e. The molecular formula is C16H19N3O3S. The van der Waals surface area contributed by atoms with Crippen LogP contribution in [0, 0.1) is 6.92 Å². The van der Waals surface area contributed by atoms with Crippen LogP contribution >= 0.6 is 0 Å². The van der Waals surface area contributed by atoms with E-state index in [-0.39, 0.29) is 17.3 Å². The van der Waals surface area contributed by atoms with Gasteiger partial charge in [0.2, 0.25) is 10.0 Å². The molecule has 1 aliphatic heterocycles. The molecular weight excluding hydrogens is 314 g/mol. The third-order valence-electron chi connectivity index (χ3n) is 4.01. The first-order valence-electron chi connectivity index (χ1n) is 7.38. The van der Waals surface area contributed by atoms with Crippen LogP contribution in [-0.2, 0) is 23.1 Å². The molecule has 7 heteroatoms. The van der Waals surface area contributed by atoms with Crippen LogP contribution < -0.4 is 4.72 Å². The molecule has 0 bridgehead atoms. The zero-order valence-corrected chi connectivity index (χ0v) is 13.9. The second-order valence-corrected chi connectivity index (χ2v) is 7.56. The molecule has 1 aromatic heterocycles. The van der Waals surface area contributed by atoms with Crippen molar-refractivity contribution in [1.82, 2.24) is 14.2 Å². The molecule has 2 heterocycles. The highest BCUT2D eigenvalue weighted by Crippen LogP contribution is 2.19. The van der Waals surface area contributed by atoms with Gasteiger partial charge in [-0.2, -0.15) is 0 Å². The van der Waals surface area contributed by atoms with Crippen molar-refractivity contribution in [2.24, 2.45) is 0 Å². The van der Waals surface area contributed by atoms with Gasteiger partial charge < -0.3 is 9.47 Å². The number of nitrogens with zero attached hydrogens (tertiary/aromatic N) is 2. The molecule has 0 spiro atoms. The fraction of sp³-hybridized carbons (Fsp3) is 0.312. The minimum absolute atomic E-state index is 0.128. The molecule has 0 saturated carbocycles. The Morgan fingerprint density at radius 3 is 2.57 bits per heavy atom. The molecule has 0 aliphatic carbocycles. The normalized spacial score (nSPS) is 14.9. The Hall–Kier alpha value is -2.12. The number of rotatable bonds is 4. The number of carbonyl (C=O) groups is 1. The zero-order chi connectivity index (χ0) is 16.6. The van der Waals surface area contributed by atoms with Gasteiger partial charge in [0.1, 0.15) is 10.6 Å². The SMILES string of the molecule is Cc1ccc(CNS(=O)(=O)c2cc3n(c2)CCN(C)C3=O)cc1. The molecule has 1 amide bonds. The molecule has 122 valence electrons. The minimum Gasteiger partial charge on any atom is -0.340 e. The number of carbonyl (C=O) groups excluding carboxylic acids is 1. The summed E-state index contributed by atoms with van der Waals surface area (Å²) in [4.78, 5) is 13.8. The van der Waals surface area contributed by atoms with Gasteiger partial charge in [0.25, 0.3) is 5.91 Å². The molecule has 1 N–H and O–H groups in total. The Labute approximate surface area is 135 Å². The lowest BCUT2D eigenvalue weighted by Crippen LogP contribution is -2.36. The van der Waals surface area contributed by atoms with Gasteiger partial charge in [-0.15, -0.1) is 0 Å². The molecule has 0 unspecified atom stereocenters. The maximum atomic E-state index is 12.4. The van der Waals surface area contributed by atoms with Gasteiger partial charge >= 0.3 is 0 Å².